The molecular weight excluding hydrogens is 1010 g/mol. The molecule has 0 aliphatic carbocycles. The number of hydrogen-bond donors (Lipinski definition) is 9. The van der Waals surface area contributed by atoms with Gasteiger partial charge < -0.3 is 76.9 Å². The van der Waals surface area contributed by atoms with Crippen LogP contribution in [-0.4, -0.2) is 157 Å². The first kappa shape index (κ1) is 63.6. The monoisotopic (exact) mass is 1080 g/mol. The van der Waals surface area contributed by atoms with Crippen molar-refractivity contribution in [3.05, 3.63) is 65.7 Å². The molecule has 0 radical (unpaired) electrons. The Hall–Kier alpha value is -7.71. The van der Waals surface area contributed by atoms with Crippen LogP contribution in [0.15, 0.2) is 54.6 Å². The van der Waals surface area contributed by atoms with Crippen LogP contribution in [0.1, 0.15) is 80.4 Å². The molecule has 12 atom stereocenters. The van der Waals surface area contributed by atoms with E-state index < -0.39 is 163 Å². The van der Waals surface area contributed by atoms with Gasteiger partial charge in [0.1, 0.15) is 48.7 Å². The molecule has 1 aliphatic heterocycles. The Kier molecular flexibility index (Phi) is 24.9. The van der Waals surface area contributed by atoms with E-state index in [1.807, 2.05) is 0 Å². The van der Waals surface area contributed by atoms with Gasteiger partial charge in [-0.15, -0.1) is 0 Å². The van der Waals surface area contributed by atoms with Crippen LogP contribution in [0.5, 0.6) is 5.75 Å². The number of rotatable bonds is 27. The molecule has 0 saturated carbocycles. The normalized spacial score (nSPS) is 19.7. The summed E-state index contributed by atoms with van der Waals surface area (Å²) in [6, 6.07) is 5.85. The molecule has 1 fully saturated rings. The van der Waals surface area contributed by atoms with E-state index in [-0.39, 0.29) is 18.6 Å². The standard InChI is InChI=1S/C51H72N8O18/c1-24(2)39(48(69)54-22-38(53)65)57-49(70)40(25(3)4)58-50(71)41(27(6)73-51-44(76-31(10)63)43(75-30(9)62)42(74-29(8)61)37(77-51)23-72-28(7)60)59-47(68)36(21-32-14-12-11-13-15-32)56-45(66)26(5)55-46(67)35(52)20-33-16-18-34(64)19-17-33/h11-19,24-27,35-37,39-44,51,64H,20-23,52H2,1-10H3,(H2,53,65)(H,54,69)(H,55,67)(H,56,66)(H,57,70)(H,58,71)(H,59,68)/t26-,27-,35+,36+,37-,39+,40+,41+,42-,43+,44-,51-/m1/s1. The van der Waals surface area contributed by atoms with Gasteiger partial charge in [-0.25, -0.2) is 0 Å². The molecule has 1 heterocycles. The largest absolute Gasteiger partial charge is 0.508 e. The van der Waals surface area contributed by atoms with Crippen molar-refractivity contribution in [1.29, 1.82) is 0 Å². The number of primary amides is 1. The van der Waals surface area contributed by atoms with Gasteiger partial charge in [0.2, 0.25) is 41.4 Å². The van der Waals surface area contributed by atoms with Crippen LogP contribution in [-0.2, 0) is 94.0 Å². The zero-order valence-electron chi connectivity index (χ0n) is 44.6. The lowest BCUT2D eigenvalue weighted by Crippen LogP contribution is -2.65. The fourth-order valence-electron chi connectivity index (χ4n) is 7.80. The number of carbonyl (C=O) groups excluding carboxylic acids is 11. The highest BCUT2D eigenvalue weighted by atomic mass is 16.7. The maximum Gasteiger partial charge on any atom is 0.303 e. The summed E-state index contributed by atoms with van der Waals surface area (Å²) in [6.07, 6.45) is -10.2. The van der Waals surface area contributed by atoms with Gasteiger partial charge in [0.05, 0.1) is 18.7 Å². The molecule has 0 aromatic heterocycles. The third-order valence-electron chi connectivity index (χ3n) is 11.7. The summed E-state index contributed by atoms with van der Waals surface area (Å²) < 4.78 is 34.1. The van der Waals surface area contributed by atoms with Crippen LogP contribution in [0.25, 0.3) is 0 Å². The first-order chi connectivity index (χ1) is 36.1. The summed E-state index contributed by atoms with van der Waals surface area (Å²) >= 11 is 0. The average molecular weight is 1090 g/mol. The van der Waals surface area contributed by atoms with Crippen LogP contribution in [0.2, 0.25) is 0 Å². The molecule has 1 aliphatic rings. The fourth-order valence-corrected chi connectivity index (χ4v) is 7.80. The lowest BCUT2D eigenvalue weighted by atomic mass is 9.97. The molecule has 2 aromatic rings. The maximum absolute atomic E-state index is 14.9. The van der Waals surface area contributed by atoms with E-state index in [4.69, 9.17) is 39.9 Å². The Morgan fingerprint density at radius 3 is 1.61 bits per heavy atom. The predicted octanol–water partition coefficient (Wildman–Crippen LogP) is -1.65. The summed E-state index contributed by atoms with van der Waals surface area (Å²) in [5.74, 6) is -11.0. The van der Waals surface area contributed by atoms with Gasteiger partial charge in [0.25, 0.3) is 0 Å². The van der Waals surface area contributed by atoms with E-state index in [2.05, 4.69) is 31.9 Å². The molecule has 0 unspecified atom stereocenters. The van der Waals surface area contributed by atoms with Crippen molar-refractivity contribution in [3.8, 4) is 5.75 Å². The highest BCUT2D eigenvalue weighted by Crippen LogP contribution is 2.31. The lowest BCUT2D eigenvalue weighted by Gasteiger charge is -2.45. The summed E-state index contributed by atoms with van der Waals surface area (Å²) in [7, 11) is 0. The molecule has 1 saturated heterocycles. The van der Waals surface area contributed by atoms with Gasteiger partial charge >= 0.3 is 23.9 Å². The molecule has 26 heteroatoms. The lowest BCUT2D eigenvalue weighted by molar-refractivity contribution is -0.316. The first-order valence-corrected chi connectivity index (χ1v) is 24.7. The van der Waals surface area contributed by atoms with Gasteiger partial charge in [0, 0.05) is 34.1 Å². The van der Waals surface area contributed by atoms with Crippen molar-refractivity contribution < 1.29 is 86.3 Å². The van der Waals surface area contributed by atoms with E-state index in [1.165, 1.54) is 26.0 Å². The molecule has 0 spiro atoms. The maximum atomic E-state index is 14.9. The number of aromatic hydroxyl groups is 1. The first-order valence-electron chi connectivity index (χ1n) is 24.7. The highest BCUT2D eigenvalue weighted by Gasteiger charge is 2.54. The van der Waals surface area contributed by atoms with Gasteiger partial charge in [-0.3, -0.25) is 52.7 Å². The molecule has 2 aromatic carbocycles. The number of benzene rings is 2. The van der Waals surface area contributed by atoms with E-state index in [1.54, 1.807) is 70.2 Å². The molecule has 424 valence electrons. The second kappa shape index (κ2) is 30.1. The van der Waals surface area contributed by atoms with Crippen LogP contribution < -0.4 is 43.4 Å². The molecule has 77 heavy (non-hydrogen) atoms. The second-order valence-electron chi connectivity index (χ2n) is 19.0. The molecular formula is C51H72N8O18. The van der Waals surface area contributed by atoms with E-state index in [0.29, 0.717) is 11.1 Å². The molecule has 7 amide bonds. The fraction of sp³-hybridized carbons (Fsp3) is 0.549. The van der Waals surface area contributed by atoms with Crippen molar-refractivity contribution in [2.75, 3.05) is 13.2 Å². The summed E-state index contributed by atoms with van der Waals surface area (Å²) in [5.41, 5.74) is 12.5. The molecule has 3 rings (SSSR count). The number of nitrogens with two attached hydrogens (primary N) is 2. The molecule has 11 N–H and O–H groups in total. The van der Waals surface area contributed by atoms with Crippen molar-refractivity contribution >= 4 is 65.2 Å². The third kappa shape index (κ3) is 20.7. The van der Waals surface area contributed by atoms with Crippen LogP contribution in [0.4, 0.5) is 0 Å². The summed E-state index contributed by atoms with van der Waals surface area (Å²) in [5, 5.41) is 24.9. The third-order valence-corrected chi connectivity index (χ3v) is 11.7. The molecule has 26 nitrogen and oxygen atoms in total. The minimum absolute atomic E-state index is 0.00704. The Morgan fingerprint density at radius 1 is 0.571 bits per heavy atom. The van der Waals surface area contributed by atoms with Crippen LogP contribution in [0.3, 0.4) is 0 Å². The van der Waals surface area contributed by atoms with E-state index in [0.717, 1.165) is 27.7 Å². The topological polar surface area (TPSA) is 388 Å². The number of ether oxygens (including phenoxy) is 6. The number of carbonyl (C=O) groups is 11. The number of hydrogen-bond acceptors (Lipinski definition) is 19. The predicted molar refractivity (Wildman–Crippen MR) is 270 cm³/mol. The van der Waals surface area contributed by atoms with Gasteiger partial charge in [-0.1, -0.05) is 70.2 Å². The minimum Gasteiger partial charge on any atom is -0.508 e. The summed E-state index contributed by atoms with van der Waals surface area (Å²) in [6.45, 7) is 11.9. The average Bonchev–Trinajstić information content (AvgIpc) is 3.34. The van der Waals surface area contributed by atoms with E-state index in [9.17, 15) is 57.8 Å². The zero-order chi connectivity index (χ0) is 57.8. The van der Waals surface area contributed by atoms with E-state index >= 15 is 0 Å². The number of nitrogens with one attached hydrogen (secondary N) is 6. The van der Waals surface area contributed by atoms with Gasteiger partial charge in [-0.05, 0) is 55.4 Å². The Labute approximate surface area is 445 Å². The Balaban J connectivity index is 2.13. The summed E-state index contributed by atoms with van der Waals surface area (Å²) in [4.78, 5) is 145. The second-order valence-corrected chi connectivity index (χ2v) is 19.0. The van der Waals surface area contributed by atoms with Crippen molar-refractivity contribution in [3.63, 3.8) is 0 Å². The van der Waals surface area contributed by atoms with Gasteiger partial charge in [0.15, 0.2) is 24.6 Å². The smallest absolute Gasteiger partial charge is 0.303 e. The van der Waals surface area contributed by atoms with Crippen molar-refractivity contribution in [2.24, 2.45) is 23.3 Å². The molecule has 0 bridgehead atoms. The Bertz CT molecular complexity index is 2410. The Morgan fingerprint density at radius 2 is 1.08 bits per heavy atom. The highest BCUT2D eigenvalue weighted by molar-refractivity contribution is 5.97. The van der Waals surface area contributed by atoms with Crippen LogP contribution in [0, 0.1) is 11.8 Å². The van der Waals surface area contributed by atoms with Gasteiger partial charge in [-0.2, -0.15) is 0 Å². The number of esters is 4. The van der Waals surface area contributed by atoms with Crippen LogP contribution >= 0.6 is 0 Å². The van der Waals surface area contributed by atoms with Crippen molar-refractivity contribution in [1.82, 2.24) is 31.9 Å². The number of phenols is 1. The SMILES string of the molecule is CC(=O)OC[C@H]1O[C@@H](O[C@H](C)[C@H](NC(=O)[C@H](Cc2ccccc2)NC(=O)[C@@H](C)NC(=O)[C@@H](N)Cc2ccc(O)cc2)C(=O)N[C@H](C(=O)N[C@H](C(=O)NCC(N)=O)C(C)C)C(C)C)[C@H](OC(C)=O)[C@@H](OC(C)=O)[C@@H]1OC(C)=O. The number of phenolic OH excluding ortho intramolecular Hbond substituents is 1. The quantitative estimate of drug-likeness (QED) is 0.0357. The zero-order valence-corrected chi connectivity index (χ0v) is 44.6. The number of amides is 7. The van der Waals surface area contributed by atoms with Crippen molar-refractivity contribution in [2.45, 2.75) is 155 Å². The minimum atomic E-state index is -1.90.